The topological polar surface area (TPSA) is 65.9 Å². The van der Waals surface area contributed by atoms with Gasteiger partial charge in [0.05, 0.1) is 32.7 Å². The highest BCUT2D eigenvalue weighted by molar-refractivity contribution is 9.10. The van der Waals surface area contributed by atoms with Crippen LogP contribution in [0.25, 0.3) is 0 Å². The molecule has 0 spiro atoms. The number of hydrogen-bond donors (Lipinski definition) is 3. The zero-order valence-electron chi connectivity index (χ0n) is 12.7. The molecule has 1 heterocycles. The van der Waals surface area contributed by atoms with Crippen LogP contribution in [0.1, 0.15) is 0 Å². The average molecular weight is 370 g/mol. The lowest BCUT2D eigenvalue weighted by Gasteiger charge is -2.31. The van der Waals surface area contributed by atoms with E-state index in [1.807, 2.05) is 29.2 Å². The Morgan fingerprint density at radius 3 is 2.45 bits per heavy atom. The molecule has 1 saturated heterocycles. The summed E-state index contributed by atoms with van der Waals surface area (Å²) in [6, 6.07) is 7.74. The predicted molar refractivity (Wildman–Crippen MR) is 88.8 cm³/mol. The summed E-state index contributed by atoms with van der Waals surface area (Å²) in [5, 5.41) is 5.77. The third kappa shape index (κ3) is 4.99. The summed E-state index contributed by atoms with van der Waals surface area (Å²) in [5.74, 6) is 0.147. The molecule has 0 aromatic heterocycles. The van der Waals surface area contributed by atoms with Gasteiger partial charge in [0, 0.05) is 17.2 Å². The third-order valence-corrected chi connectivity index (χ3v) is 4.33. The van der Waals surface area contributed by atoms with E-state index in [1.165, 1.54) is 4.90 Å². The summed E-state index contributed by atoms with van der Waals surface area (Å²) in [6.45, 7) is 3.82. The van der Waals surface area contributed by atoms with Crippen LogP contribution in [-0.4, -0.2) is 63.0 Å². The van der Waals surface area contributed by atoms with Gasteiger partial charge in [-0.2, -0.15) is 0 Å². The van der Waals surface area contributed by atoms with Crippen LogP contribution in [0.5, 0.6) is 0 Å². The number of amides is 2. The molecule has 0 saturated carbocycles. The fourth-order valence-corrected chi connectivity index (χ4v) is 2.69. The third-order valence-electron chi connectivity index (χ3n) is 3.80. The van der Waals surface area contributed by atoms with Crippen LogP contribution in [0.2, 0.25) is 0 Å². The number of anilines is 1. The Labute approximate surface area is 139 Å². The SMILES string of the molecule is CNC(=O)C[NH+]1CCN(C(=O)CNc2ccc(Br)cc2)CC1. The molecule has 0 bridgehead atoms. The highest BCUT2D eigenvalue weighted by Gasteiger charge is 2.24. The first-order chi connectivity index (χ1) is 10.6. The number of hydrogen-bond acceptors (Lipinski definition) is 3. The Morgan fingerprint density at radius 1 is 1.23 bits per heavy atom. The van der Waals surface area contributed by atoms with E-state index in [0.717, 1.165) is 23.2 Å². The molecule has 0 unspecified atom stereocenters. The molecule has 22 heavy (non-hydrogen) atoms. The zero-order valence-corrected chi connectivity index (χ0v) is 14.3. The molecule has 0 aliphatic carbocycles. The van der Waals surface area contributed by atoms with Crippen molar-refractivity contribution in [3.05, 3.63) is 28.7 Å². The van der Waals surface area contributed by atoms with Gasteiger partial charge in [0.1, 0.15) is 0 Å². The molecule has 2 rings (SSSR count). The summed E-state index contributed by atoms with van der Waals surface area (Å²) in [5.41, 5.74) is 0.931. The largest absolute Gasteiger partial charge is 0.376 e. The first-order valence-electron chi connectivity index (χ1n) is 7.40. The molecule has 1 aromatic rings. The van der Waals surface area contributed by atoms with Crippen molar-refractivity contribution < 1.29 is 14.5 Å². The molecular formula is C15H22BrN4O2+. The van der Waals surface area contributed by atoms with Crippen LogP contribution in [0.3, 0.4) is 0 Å². The van der Waals surface area contributed by atoms with E-state index in [1.54, 1.807) is 7.05 Å². The maximum Gasteiger partial charge on any atom is 0.274 e. The molecule has 0 radical (unpaired) electrons. The van der Waals surface area contributed by atoms with Crippen molar-refractivity contribution in [2.45, 2.75) is 0 Å². The van der Waals surface area contributed by atoms with Gasteiger partial charge in [-0.15, -0.1) is 0 Å². The number of carbonyl (C=O) groups excluding carboxylic acids is 2. The van der Waals surface area contributed by atoms with E-state index in [-0.39, 0.29) is 11.8 Å². The Hall–Kier alpha value is -1.60. The van der Waals surface area contributed by atoms with Gasteiger partial charge in [0.25, 0.3) is 5.91 Å². The van der Waals surface area contributed by atoms with Crippen LogP contribution >= 0.6 is 15.9 Å². The first-order valence-corrected chi connectivity index (χ1v) is 8.19. The van der Waals surface area contributed by atoms with Gasteiger partial charge in [-0.05, 0) is 24.3 Å². The van der Waals surface area contributed by atoms with Crippen LogP contribution in [-0.2, 0) is 9.59 Å². The fraction of sp³-hybridized carbons (Fsp3) is 0.467. The van der Waals surface area contributed by atoms with Gasteiger partial charge in [0.15, 0.2) is 6.54 Å². The van der Waals surface area contributed by atoms with Crippen molar-refractivity contribution >= 4 is 33.4 Å². The summed E-state index contributed by atoms with van der Waals surface area (Å²) >= 11 is 3.38. The second-order valence-corrected chi connectivity index (χ2v) is 6.26. The van der Waals surface area contributed by atoms with Crippen molar-refractivity contribution in [1.29, 1.82) is 0 Å². The van der Waals surface area contributed by atoms with Crippen molar-refractivity contribution in [2.75, 3.05) is 51.6 Å². The summed E-state index contributed by atoms with van der Waals surface area (Å²) in [4.78, 5) is 26.6. The van der Waals surface area contributed by atoms with Crippen molar-refractivity contribution in [3.8, 4) is 0 Å². The van der Waals surface area contributed by atoms with Gasteiger partial charge in [-0.3, -0.25) is 9.59 Å². The molecule has 0 atom stereocenters. The second kappa shape index (κ2) is 8.14. The molecule has 1 aromatic carbocycles. The summed E-state index contributed by atoms with van der Waals surface area (Å²) in [6.07, 6.45) is 0. The number of quaternary nitrogens is 1. The van der Waals surface area contributed by atoms with Crippen molar-refractivity contribution in [3.63, 3.8) is 0 Å². The number of halogens is 1. The van der Waals surface area contributed by atoms with Crippen molar-refractivity contribution in [2.24, 2.45) is 0 Å². The van der Waals surface area contributed by atoms with E-state index >= 15 is 0 Å². The predicted octanol–water partition coefficient (Wildman–Crippen LogP) is -0.666. The molecule has 6 nitrogen and oxygen atoms in total. The molecular weight excluding hydrogens is 348 g/mol. The van der Waals surface area contributed by atoms with E-state index in [9.17, 15) is 9.59 Å². The molecule has 1 aliphatic heterocycles. The monoisotopic (exact) mass is 369 g/mol. The van der Waals surface area contributed by atoms with Gasteiger partial charge in [-0.1, -0.05) is 15.9 Å². The van der Waals surface area contributed by atoms with Crippen molar-refractivity contribution in [1.82, 2.24) is 10.2 Å². The lowest BCUT2D eigenvalue weighted by atomic mass is 10.3. The van der Waals surface area contributed by atoms with E-state index in [4.69, 9.17) is 0 Å². The van der Waals surface area contributed by atoms with E-state index in [0.29, 0.717) is 26.2 Å². The Balaban J connectivity index is 1.73. The van der Waals surface area contributed by atoms with E-state index in [2.05, 4.69) is 26.6 Å². The molecule has 7 heteroatoms. The standard InChI is InChI=1S/C15H21BrN4O2/c1-17-14(21)11-19-6-8-20(9-7-19)15(22)10-18-13-4-2-12(16)3-5-13/h2-5,18H,6-11H2,1H3,(H,17,21)/p+1. The zero-order chi connectivity index (χ0) is 15.9. The van der Waals surface area contributed by atoms with E-state index < -0.39 is 0 Å². The lowest BCUT2D eigenvalue weighted by molar-refractivity contribution is -0.896. The molecule has 1 aliphatic rings. The molecule has 3 N–H and O–H groups in total. The second-order valence-electron chi connectivity index (χ2n) is 5.34. The number of nitrogens with one attached hydrogen (secondary N) is 3. The lowest BCUT2D eigenvalue weighted by Crippen LogP contribution is -3.15. The molecule has 120 valence electrons. The molecule has 2 amide bonds. The van der Waals surface area contributed by atoms with Crippen LogP contribution in [0, 0.1) is 0 Å². The highest BCUT2D eigenvalue weighted by atomic mass is 79.9. The minimum atomic E-state index is 0.0479. The average Bonchev–Trinajstić information content (AvgIpc) is 2.54. The van der Waals surface area contributed by atoms with Gasteiger partial charge >= 0.3 is 0 Å². The number of carbonyl (C=O) groups is 2. The number of rotatable bonds is 5. The quantitative estimate of drug-likeness (QED) is 0.645. The summed E-state index contributed by atoms with van der Waals surface area (Å²) in [7, 11) is 1.65. The van der Waals surface area contributed by atoms with Gasteiger partial charge in [-0.25, -0.2) is 0 Å². The maximum absolute atomic E-state index is 12.2. The van der Waals surface area contributed by atoms with Crippen LogP contribution in [0.4, 0.5) is 5.69 Å². The number of likely N-dealkylation sites (N-methyl/N-ethyl adjacent to an activating group) is 1. The fourth-order valence-electron chi connectivity index (χ4n) is 2.42. The minimum Gasteiger partial charge on any atom is -0.376 e. The highest BCUT2D eigenvalue weighted by Crippen LogP contribution is 2.13. The Bertz CT molecular complexity index is 513. The Kier molecular flexibility index (Phi) is 6.21. The maximum atomic E-state index is 12.2. The normalized spacial score (nSPS) is 15.5. The van der Waals surface area contributed by atoms with Crippen LogP contribution in [0.15, 0.2) is 28.7 Å². The van der Waals surface area contributed by atoms with Gasteiger partial charge < -0.3 is 20.4 Å². The van der Waals surface area contributed by atoms with Crippen LogP contribution < -0.4 is 15.5 Å². The number of benzene rings is 1. The first kappa shape index (κ1) is 16.8. The summed E-state index contributed by atoms with van der Waals surface area (Å²) < 4.78 is 1.01. The smallest absolute Gasteiger partial charge is 0.274 e. The number of piperazine rings is 1. The minimum absolute atomic E-state index is 0.0479. The Morgan fingerprint density at radius 2 is 1.86 bits per heavy atom. The molecule has 1 fully saturated rings. The van der Waals surface area contributed by atoms with Gasteiger partial charge in [0.2, 0.25) is 5.91 Å². The number of nitrogens with zero attached hydrogens (tertiary/aromatic N) is 1.